The van der Waals surface area contributed by atoms with Crippen molar-refractivity contribution in [3.63, 3.8) is 0 Å². The molecule has 0 atom stereocenters. The summed E-state index contributed by atoms with van der Waals surface area (Å²) in [5.74, 6) is 0. The number of benzene rings is 1. The Morgan fingerprint density at radius 3 is 2.30 bits per heavy atom. The van der Waals surface area contributed by atoms with Crippen LogP contribution in [0.4, 0.5) is 5.69 Å². The van der Waals surface area contributed by atoms with Gasteiger partial charge < -0.3 is 20.7 Å². The van der Waals surface area contributed by atoms with Gasteiger partial charge in [0, 0.05) is 0 Å². The molecule has 1 heterocycles. The molecule has 0 aliphatic carbocycles. The Labute approximate surface area is 142 Å². The Kier molecular flexibility index (Phi) is 7.89. The minimum atomic E-state index is -4.11. The molecule has 13 heteroatoms. The van der Waals surface area contributed by atoms with Crippen LogP contribution in [0.25, 0.3) is 4.72 Å². The summed E-state index contributed by atoms with van der Waals surface area (Å²) in [4.78, 5) is 2.86. The van der Waals surface area contributed by atoms with E-state index < -0.39 is 24.9 Å². The van der Waals surface area contributed by atoms with E-state index in [9.17, 15) is 16.8 Å². The van der Waals surface area contributed by atoms with Crippen molar-refractivity contribution in [1.82, 2.24) is 0 Å². The first kappa shape index (κ1) is 22.0. The number of sulfonamides is 2. The zero-order valence-electron chi connectivity index (χ0n) is 10.0. The minimum Gasteiger partial charge on any atom is -0.441 e. The van der Waals surface area contributed by atoms with Gasteiger partial charge in [0.15, 0.2) is 0 Å². The summed E-state index contributed by atoms with van der Waals surface area (Å²) in [6, 6.07) is 1.96. The van der Waals surface area contributed by atoms with Crippen molar-refractivity contribution in [2.24, 2.45) is 10.1 Å². The maximum absolute atomic E-state index is 11.5. The first-order valence-corrected chi connectivity index (χ1v) is 7.44. The van der Waals surface area contributed by atoms with Gasteiger partial charge in [0.1, 0.15) is 4.90 Å². The average molecular weight is 354 g/mol. The minimum absolute atomic E-state index is 0. The van der Waals surface area contributed by atoms with E-state index in [1.807, 2.05) is 0 Å². The van der Waals surface area contributed by atoms with Gasteiger partial charge in [0.2, 0.25) is 20.0 Å². The number of aliphatic imine (C=N–C) groups is 1. The molecule has 0 bridgehead atoms. The molecule has 2 rings (SSSR count). The Hall–Kier alpha value is -0.240. The molecule has 6 N–H and O–H groups in total. The summed E-state index contributed by atoms with van der Waals surface area (Å²) in [7, 11) is -8.05. The molecule has 9 nitrogen and oxygen atoms in total. The van der Waals surface area contributed by atoms with Crippen molar-refractivity contribution in [2.45, 2.75) is 9.79 Å². The topological polar surface area (TPSA) is 184 Å². The Bertz CT molecular complexity index is 733. The zero-order chi connectivity index (χ0) is 12.8. The summed E-state index contributed by atoms with van der Waals surface area (Å²) in [6.45, 7) is 0. The molecule has 0 spiro atoms. The molecule has 0 saturated heterocycles. The van der Waals surface area contributed by atoms with Gasteiger partial charge in [-0.2, -0.15) is 0 Å². The van der Waals surface area contributed by atoms with Crippen LogP contribution in [-0.4, -0.2) is 34.1 Å². The summed E-state index contributed by atoms with van der Waals surface area (Å²) in [5.41, 5.74) is 0.0254. The summed E-state index contributed by atoms with van der Waals surface area (Å²) >= 11 is 5.68. The molecule has 0 radical (unpaired) electrons. The van der Waals surface area contributed by atoms with Gasteiger partial charge in [-0.25, -0.2) is 22.0 Å². The molecule has 1 aliphatic rings. The van der Waals surface area contributed by atoms with Crippen LogP contribution >= 0.6 is 11.6 Å². The summed E-state index contributed by atoms with van der Waals surface area (Å²) in [5, 5.41) is 4.71. The number of primary sulfonamides is 1. The third-order valence-corrected chi connectivity index (χ3v) is 4.61. The maximum Gasteiger partial charge on any atom is 1.00 e. The smallest absolute Gasteiger partial charge is 0.441 e. The number of nitrogens with two attached hydrogens (primary N) is 1. The molecule has 0 aromatic heterocycles. The maximum atomic E-state index is 11.5. The quantitative estimate of drug-likeness (QED) is 0.506. The van der Waals surface area contributed by atoms with Gasteiger partial charge in [-0.15, -0.1) is 0 Å². The fourth-order valence-electron chi connectivity index (χ4n) is 1.25. The van der Waals surface area contributed by atoms with Crippen molar-refractivity contribution in [2.75, 3.05) is 0 Å². The standard InChI is InChI=1S/C7H5ClN3O4S2.Na.2H2O/c8-4-1-5-7(2-6(4)16(9,12)13)17(14,15)11-3-10-5;;;/h1-3H,(H2-,9,10,11,12,13);;2*1H2/q-1;+1;;. The van der Waals surface area contributed by atoms with E-state index in [2.05, 4.69) is 9.71 Å². The van der Waals surface area contributed by atoms with Gasteiger partial charge >= 0.3 is 29.6 Å². The van der Waals surface area contributed by atoms with Crippen molar-refractivity contribution in [1.29, 1.82) is 0 Å². The van der Waals surface area contributed by atoms with E-state index in [1.54, 1.807) is 0 Å². The molecule has 0 fully saturated rings. The molecule has 0 unspecified atom stereocenters. The van der Waals surface area contributed by atoms with Crippen LogP contribution in [-0.2, 0) is 20.0 Å². The van der Waals surface area contributed by atoms with Crippen molar-refractivity contribution < 1.29 is 57.3 Å². The van der Waals surface area contributed by atoms with Crippen molar-refractivity contribution in [3.05, 3.63) is 21.9 Å². The third kappa shape index (κ3) is 4.13. The van der Waals surface area contributed by atoms with Crippen LogP contribution in [0.15, 0.2) is 26.9 Å². The van der Waals surface area contributed by atoms with Crippen LogP contribution in [0.2, 0.25) is 5.02 Å². The van der Waals surface area contributed by atoms with Gasteiger partial charge in [0.05, 0.1) is 9.92 Å². The largest absolute Gasteiger partial charge is 1.00 e. The second-order valence-electron chi connectivity index (χ2n) is 3.12. The number of halogens is 1. The molecule has 1 aromatic carbocycles. The van der Waals surface area contributed by atoms with Crippen LogP contribution in [0.5, 0.6) is 0 Å². The first-order chi connectivity index (χ1) is 7.72. The van der Waals surface area contributed by atoms with Gasteiger partial charge in [0.25, 0.3) is 0 Å². The molecular formula is C7H9ClN3NaO6S2. The first-order valence-electron chi connectivity index (χ1n) is 4.08. The van der Waals surface area contributed by atoms with Crippen LogP contribution in [0.1, 0.15) is 0 Å². The number of hydrogen-bond acceptors (Lipinski definition) is 5. The summed E-state index contributed by atoms with van der Waals surface area (Å²) in [6.07, 6.45) is 0.852. The normalized spacial score (nSPS) is 14.7. The van der Waals surface area contributed by atoms with Crippen molar-refractivity contribution in [3.8, 4) is 0 Å². The molecular weight excluding hydrogens is 345 g/mol. The molecule has 0 amide bonds. The molecule has 0 saturated carbocycles. The monoisotopic (exact) mass is 353 g/mol. The zero-order valence-corrected chi connectivity index (χ0v) is 14.4. The predicted octanol–water partition coefficient (Wildman–Crippen LogP) is -3.92. The van der Waals surface area contributed by atoms with Gasteiger partial charge in [-0.3, -0.25) is 0 Å². The number of fused-ring (bicyclic) bond motifs is 1. The molecule has 1 aromatic rings. The van der Waals surface area contributed by atoms with E-state index in [4.69, 9.17) is 16.7 Å². The predicted molar refractivity (Wildman–Crippen MR) is 68.7 cm³/mol. The van der Waals surface area contributed by atoms with Crippen LogP contribution in [0.3, 0.4) is 0 Å². The van der Waals surface area contributed by atoms with Gasteiger partial charge in [-0.1, -0.05) is 17.9 Å². The molecule has 108 valence electrons. The van der Waals surface area contributed by atoms with Crippen molar-refractivity contribution >= 4 is 43.7 Å². The number of nitrogens with zero attached hydrogens (tertiary/aromatic N) is 2. The van der Waals surface area contributed by atoms with E-state index >= 15 is 0 Å². The fraction of sp³-hybridized carbons (Fsp3) is 0. The Morgan fingerprint density at radius 2 is 1.80 bits per heavy atom. The second kappa shape index (κ2) is 7.15. The number of rotatable bonds is 1. The molecule has 20 heavy (non-hydrogen) atoms. The Balaban J connectivity index is 0. The fourth-order valence-corrected chi connectivity index (χ4v) is 3.35. The molecule has 1 aliphatic heterocycles. The van der Waals surface area contributed by atoms with Crippen LogP contribution in [0, 0.1) is 0 Å². The van der Waals surface area contributed by atoms with E-state index in [0.717, 1.165) is 18.5 Å². The van der Waals surface area contributed by atoms with E-state index in [0.29, 0.717) is 0 Å². The Morgan fingerprint density at radius 1 is 1.25 bits per heavy atom. The SMILES string of the molecule is NS(=O)(=O)c1cc2c(cc1Cl)N=C[N-]S2(=O)=O.O.O.[Na+]. The van der Waals surface area contributed by atoms with E-state index in [1.165, 1.54) is 0 Å². The van der Waals surface area contributed by atoms with Crippen LogP contribution < -0.4 is 34.7 Å². The summed E-state index contributed by atoms with van der Waals surface area (Å²) < 4.78 is 48.6. The second-order valence-corrected chi connectivity index (χ2v) is 6.66. The average Bonchev–Trinajstić information content (AvgIpc) is 2.13. The van der Waals surface area contributed by atoms with E-state index in [-0.39, 0.29) is 56.1 Å². The van der Waals surface area contributed by atoms with Gasteiger partial charge in [-0.05, 0) is 17.8 Å². The third-order valence-electron chi connectivity index (χ3n) is 1.98. The number of hydrogen-bond donors (Lipinski definition) is 1.